The van der Waals surface area contributed by atoms with Gasteiger partial charge in [0.15, 0.2) is 5.82 Å². The third-order valence-electron chi connectivity index (χ3n) is 3.66. The first-order valence-corrected chi connectivity index (χ1v) is 8.04. The van der Waals surface area contributed by atoms with Crippen LogP contribution < -0.4 is 5.32 Å². The van der Waals surface area contributed by atoms with E-state index in [0.717, 1.165) is 18.9 Å². The van der Waals surface area contributed by atoms with Gasteiger partial charge in [-0.2, -0.15) is 18.2 Å². The van der Waals surface area contributed by atoms with Crippen LogP contribution >= 0.6 is 0 Å². The number of halogens is 3. The first-order chi connectivity index (χ1) is 11.3. The van der Waals surface area contributed by atoms with Crippen molar-refractivity contribution in [2.75, 3.05) is 0 Å². The van der Waals surface area contributed by atoms with Gasteiger partial charge < -0.3 is 9.84 Å². The molecular formula is C17H22F3N3O. The Hall–Kier alpha value is -1.89. The Morgan fingerprint density at radius 1 is 1.25 bits per heavy atom. The van der Waals surface area contributed by atoms with E-state index in [1.54, 1.807) is 6.07 Å². The molecule has 0 saturated carbocycles. The normalized spacial score (nSPS) is 14.6. The summed E-state index contributed by atoms with van der Waals surface area (Å²) in [6.45, 7) is 5.85. The number of alkyl halides is 3. The van der Waals surface area contributed by atoms with Gasteiger partial charge in [-0.15, -0.1) is 0 Å². The Labute approximate surface area is 139 Å². The Morgan fingerprint density at radius 2 is 2.00 bits per heavy atom. The average Bonchev–Trinajstić information content (AvgIpc) is 2.95. The van der Waals surface area contributed by atoms with Gasteiger partial charge in [-0.1, -0.05) is 30.3 Å². The van der Waals surface area contributed by atoms with E-state index in [1.807, 2.05) is 20.8 Å². The molecule has 2 unspecified atom stereocenters. The van der Waals surface area contributed by atoms with Crippen molar-refractivity contribution in [1.82, 2.24) is 15.5 Å². The molecule has 1 heterocycles. The number of nitrogens with one attached hydrogen (secondary N) is 1. The van der Waals surface area contributed by atoms with Crippen LogP contribution in [0.4, 0.5) is 13.2 Å². The summed E-state index contributed by atoms with van der Waals surface area (Å²) in [5, 5.41) is 7.19. The van der Waals surface area contributed by atoms with E-state index < -0.39 is 11.7 Å². The van der Waals surface area contributed by atoms with E-state index in [4.69, 9.17) is 4.52 Å². The fourth-order valence-electron chi connectivity index (χ4n) is 2.55. The molecule has 4 nitrogen and oxygen atoms in total. The summed E-state index contributed by atoms with van der Waals surface area (Å²) in [7, 11) is 0. The van der Waals surface area contributed by atoms with E-state index in [0.29, 0.717) is 23.7 Å². The lowest BCUT2D eigenvalue weighted by molar-refractivity contribution is -0.137. The van der Waals surface area contributed by atoms with Crippen molar-refractivity contribution in [3.05, 3.63) is 47.1 Å². The number of hydrogen-bond acceptors (Lipinski definition) is 4. The van der Waals surface area contributed by atoms with Crippen LogP contribution in [0.15, 0.2) is 28.8 Å². The Kier molecular flexibility index (Phi) is 5.99. The van der Waals surface area contributed by atoms with E-state index in [2.05, 4.69) is 15.5 Å². The molecule has 0 aliphatic heterocycles. The van der Waals surface area contributed by atoms with Gasteiger partial charge in [0.05, 0.1) is 11.6 Å². The van der Waals surface area contributed by atoms with Crippen molar-refractivity contribution < 1.29 is 17.7 Å². The minimum absolute atomic E-state index is 0.0370. The van der Waals surface area contributed by atoms with Crippen LogP contribution in [0.3, 0.4) is 0 Å². The van der Waals surface area contributed by atoms with Crippen LogP contribution in [0.5, 0.6) is 0 Å². The maximum atomic E-state index is 12.8. The molecule has 2 aromatic rings. The number of aromatic nitrogens is 2. The summed E-state index contributed by atoms with van der Waals surface area (Å²) in [5.74, 6) is 1.17. The lowest BCUT2D eigenvalue weighted by Crippen LogP contribution is -2.31. The zero-order valence-electron chi connectivity index (χ0n) is 14.0. The molecule has 2 atom stereocenters. The summed E-state index contributed by atoms with van der Waals surface area (Å²) in [5.41, 5.74) is 0.00980. The summed E-state index contributed by atoms with van der Waals surface area (Å²) < 4.78 is 43.5. The molecule has 24 heavy (non-hydrogen) atoms. The highest BCUT2D eigenvalue weighted by Crippen LogP contribution is 2.29. The zero-order valence-corrected chi connectivity index (χ0v) is 14.0. The second kappa shape index (κ2) is 7.79. The first kappa shape index (κ1) is 18.4. The smallest absolute Gasteiger partial charge is 0.338 e. The number of rotatable bonds is 7. The quantitative estimate of drug-likeness (QED) is 0.815. The fraction of sp³-hybridized carbons (Fsp3) is 0.529. The summed E-state index contributed by atoms with van der Waals surface area (Å²) in [4.78, 5) is 4.32. The Morgan fingerprint density at radius 3 is 2.67 bits per heavy atom. The number of aryl methyl sites for hydroxylation is 1. The summed E-state index contributed by atoms with van der Waals surface area (Å²) in [6.07, 6.45) is -2.15. The van der Waals surface area contributed by atoms with Crippen molar-refractivity contribution in [3.63, 3.8) is 0 Å². The standard InChI is InChI=1S/C17H22F3N3O/c1-4-6-15-22-16(24-23-15)12(3)21-11(2)9-13-7-5-8-14(10-13)17(18,19)20/h5,7-8,10-12,21H,4,6,9H2,1-3H3. The Bertz CT molecular complexity index is 655. The van der Waals surface area contributed by atoms with E-state index in [1.165, 1.54) is 12.1 Å². The van der Waals surface area contributed by atoms with Crippen LogP contribution in [0.2, 0.25) is 0 Å². The van der Waals surface area contributed by atoms with Gasteiger partial charge in [-0.25, -0.2) is 0 Å². The van der Waals surface area contributed by atoms with Gasteiger partial charge in [0, 0.05) is 12.5 Å². The molecule has 0 spiro atoms. The zero-order chi connectivity index (χ0) is 17.7. The number of benzene rings is 1. The molecule has 0 bridgehead atoms. The largest absolute Gasteiger partial charge is 0.416 e. The monoisotopic (exact) mass is 341 g/mol. The lowest BCUT2D eigenvalue weighted by Gasteiger charge is -2.18. The molecule has 0 aliphatic rings. The highest BCUT2D eigenvalue weighted by molar-refractivity contribution is 5.26. The molecule has 0 fully saturated rings. The molecule has 1 aromatic heterocycles. The van der Waals surface area contributed by atoms with Gasteiger partial charge in [-0.3, -0.25) is 0 Å². The molecule has 0 amide bonds. The molecule has 0 aliphatic carbocycles. The van der Waals surface area contributed by atoms with Crippen LogP contribution in [-0.4, -0.2) is 16.2 Å². The van der Waals surface area contributed by atoms with Gasteiger partial charge in [0.25, 0.3) is 0 Å². The topological polar surface area (TPSA) is 51.0 Å². The lowest BCUT2D eigenvalue weighted by atomic mass is 10.0. The number of hydrogen-bond donors (Lipinski definition) is 1. The van der Waals surface area contributed by atoms with E-state index >= 15 is 0 Å². The minimum Gasteiger partial charge on any atom is -0.338 e. The maximum Gasteiger partial charge on any atom is 0.416 e. The molecular weight excluding hydrogens is 319 g/mol. The van der Waals surface area contributed by atoms with E-state index in [9.17, 15) is 13.2 Å². The van der Waals surface area contributed by atoms with Crippen LogP contribution in [0.25, 0.3) is 0 Å². The predicted octanol–water partition coefficient (Wildman–Crippen LogP) is 4.32. The molecule has 132 valence electrons. The third kappa shape index (κ3) is 5.06. The molecule has 2 rings (SSSR count). The summed E-state index contributed by atoms with van der Waals surface area (Å²) >= 11 is 0. The van der Waals surface area contributed by atoms with Crippen molar-refractivity contribution in [1.29, 1.82) is 0 Å². The molecule has 7 heteroatoms. The minimum atomic E-state index is -4.32. The van der Waals surface area contributed by atoms with Gasteiger partial charge in [-0.05, 0) is 38.3 Å². The average molecular weight is 341 g/mol. The van der Waals surface area contributed by atoms with Gasteiger partial charge >= 0.3 is 6.18 Å². The fourth-order valence-corrected chi connectivity index (χ4v) is 2.55. The van der Waals surface area contributed by atoms with Crippen molar-refractivity contribution in [2.45, 2.75) is 58.3 Å². The SMILES string of the molecule is CCCc1noc(C(C)NC(C)Cc2cccc(C(F)(F)F)c2)n1. The predicted molar refractivity (Wildman–Crippen MR) is 84.5 cm³/mol. The van der Waals surface area contributed by atoms with Crippen molar-refractivity contribution in [3.8, 4) is 0 Å². The van der Waals surface area contributed by atoms with E-state index in [-0.39, 0.29) is 12.1 Å². The molecule has 0 radical (unpaired) electrons. The molecule has 1 aromatic carbocycles. The van der Waals surface area contributed by atoms with Crippen molar-refractivity contribution >= 4 is 0 Å². The van der Waals surface area contributed by atoms with Crippen molar-refractivity contribution in [2.24, 2.45) is 0 Å². The third-order valence-corrected chi connectivity index (χ3v) is 3.66. The second-order valence-corrected chi connectivity index (χ2v) is 5.99. The first-order valence-electron chi connectivity index (χ1n) is 8.04. The van der Waals surface area contributed by atoms with Crippen LogP contribution in [0.1, 0.15) is 56.1 Å². The maximum absolute atomic E-state index is 12.8. The molecule has 1 N–H and O–H groups in total. The number of nitrogens with zero attached hydrogens (tertiary/aromatic N) is 2. The Balaban J connectivity index is 1.96. The highest BCUT2D eigenvalue weighted by atomic mass is 19.4. The van der Waals surface area contributed by atoms with Crippen LogP contribution in [0, 0.1) is 0 Å². The highest BCUT2D eigenvalue weighted by Gasteiger charge is 2.30. The second-order valence-electron chi connectivity index (χ2n) is 5.99. The van der Waals surface area contributed by atoms with Gasteiger partial charge in [0.2, 0.25) is 5.89 Å². The summed E-state index contributed by atoms with van der Waals surface area (Å²) in [6, 6.07) is 5.20. The van der Waals surface area contributed by atoms with Gasteiger partial charge in [0.1, 0.15) is 0 Å². The molecule has 0 saturated heterocycles. The van der Waals surface area contributed by atoms with Crippen LogP contribution in [-0.2, 0) is 19.0 Å².